The molecule has 1 aliphatic heterocycles. The summed E-state index contributed by atoms with van der Waals surface area (Å²) < 4.78 is 86.6. The van der Waals surface area contributed by atoms with Crippen molar-refractivity contribution in [2.45, 2.75) is 23.8 Å². The number of hydrogen-bond donors (Lipinski definition) is 1. The van der Waals surface area contributed by atoms with Crippen LogP contribution in [0, 0.1) is 23.3 Å². The van der Waals surface area contributed by atoms with Gasteiger partial charge in [-0.25, -0.2) is 31.0 Å². The molecular weight excluding hydrogens is 566 g/mol. The number of piperidine rings is 1. The Kier molecular flexibility index (Phi) is 7.80. The summed E-state index contributed by atoms with van der Waals surface area (Å²) in [6.07, 6.45) is 4.88. The molecule has 2 aromatic heterocycles. The number of aromatic nitrogens is 2. The maximum Gasteiger partial charge on any atom is 0.265 e. The second-order valence-corrected chi connectivity index (χ2v) is 12.2. The van der Waals surface area contributed by atoms with Gasteiger partial charge in [0.25, 0.3) is 10.0 Å². The largest absolute Gasteiger partial charge is 0.348 e. The van der Waals surface area contributed by atoms with Gasteiger partial charge in [-0.1, -0.05) is 11.3 Å². The molecule has 210 valence electrons. The molecule has 40 heavy (non-hydrogen) atoms. The zero-order chi connectivity index (χ0) is 28.6. The van der Waals surface area contributed by atoms with E-state index in [1.165, 1.54) is 11.3 Å². The molecule has 1 fully saturated rings. The molecule has 0 saturated carbocycles. The molecule has 13 heteroatoms. The van der Waals surface area contributed by atoms with Gasteiger partial charge in [0.05, 0.1) is 21.8 Å². The van der Waals surface area contributed by atoms with Crippen LogP contribution in [0.25, 0.3) is 21.7 Å². The van der Waals surface area contributed by atoms with Gasteiger partial charge >= 0.3 is 0 Å². The molecule has 7 nitrogen and oxygen atoms in total. The van der Waals surface area contributed by atoms with Crippen LogP contribution in [-0.4, -0.2) is 56.5 Å². The van der Waals surface area contributed by atoms with Crippen molar-refractivity contribution < 1.29 is 26.0 Å². The van der Waals surface area contributed by atoms with Gasteiger partial charge in [-0.3, -0.25) is 9.71 Å². The van der Waals surface area contributed by atoms with Crippen molar-refractivity contribution in [3.05, 3.63) is 78.1 Å². The predicted molar refractivity (Wildman–Crippen MR) is 147 cm³/mol. The first-order chi connectivity index (χ1) is 19.0. The molecule has 1 aliphatic rings. The minimum atomic E-state index is -4.75. The summed E-state index contributed by atoms with van der Waals surface area (Å²) in [4.78, 5) is 12.3. The van der Waals surface area contributed by atoms with Crippen molar-refractivity contribution in [3.63, 3.8) is 0 Å². The third-order valence-electron chi connectivity index (χ3n) is 6.78. The number of hydrogen-bond acceptors (Lipinski definition) is 7. The van der Waals surface area contributed by atoms with Crippen LogP contribution in [0.4, 0.5) is 28.4 Å². The van der Waals surface area contributed by atoms with Crippen LogP contribution < -0.4 is 9.62 Å². The number of halogens is 4. The van der Waals surface area contributed by atoms with E-state index in [2.05, 4.69) is 19.8 Å². The van der Waals surface area contributed by atoms with Crippen molar-refractivity contribution in [2.75, 3.05) is 36.8 Å². The van der Waals surface area contributed by atoms with Crippen LogP contribution in [-0.2, 0) is 10.0 Å². The number of thiazole rings is 1. The lowest BCUT2D eigenvalue weighted by atomic mass is 10.0. The summed E-state index contributed by atoms with van der Waals surface area (Å²) in [6, 6.07) is 7.46. The number of nitrogens with zero attached hydrogens (tertiary/aromatic N) is 4. The first-order valence-corrected chi connectivity index (χ1v) is 14.6. The third kappa shape index (κ3) is 5.54. The van der Waals surface area contributed by atoms with Gasteiger partial charge in [0.2, 0.25) is 0 Å². The number of rotatable bonds is 7. The summed E-state index contributed by atoms with van der Waals surface area (Å²) in [5, 5.41) is 0.575. The summed E-state index contributed by atoms with van der Waals surface area (Å²) in [6.45, 7) is 1.41. The van der Waals surface area contributed by atoms with Crippen LogP contribution in [0.2, 0.25) is 0 Å². The van der Waals surface area contributed by atoms with Crippen molar-refractivity contribution in [1.29, 1.82) is 0 Å². The molecule has 5 rings (SSSR count). The van der Waals surface area contributed by atoms with Crippen LogP contribution in [0.15, 0.2) is 59.8 Å². The van der Waals surface area contributed by atoms with Gasteiger partial charge < -0.3 is 9.80 Å². The number of nitrogens with one attached hydrogen (secondary N) is 1. The Morgan fingerprint density at radius 1 is 0.975 bits per heavy atom. The molecule has 0 radical (unpaired) electrons. The van der Waals surface area contributed by atoms with E-state index in [1.54, 1.807) is 24.5 Å². The summed E-state index contributed by atoms with van der Waals surface area (Å²) in [7, 11) is -0.700. The zero-order valence-corrected chi connectivity index (χ0v) is 23.2. The van der Waals surface area contributed by atoms with Crippen molar-refractivity contribution >= 4 is 32.2 Å². The van der Waals surface area contributed by atoms with Gasteiger partial charge in [-0.2, -0.15) is 0 Å². The molecule has 0 aliphatic carbocycles. The number of benzene rings is 2. The third-order valence-corrected chi connectivity index (χ3v) is 9.32. The van der Waals surface area contributed by atoms with Gasteiger partial charge in [0.1, 0.15) is 22.3 Å². The highest BCUT2D eigenvalue weighted by atomic mass is 32.2. The van der Waals surface area contributed by atoms with E-state index in [9.17, 15) is 17.2 Å². The average Bonchev–Trinajstić information content (AvgIpc) is 3.37. The number of pyridine rings is 1. The van der Waals surface area contributed by atoms with E-state index in [-0.39, 0.29) is 5.69 Å². The van der Waals surface area contributed by atoms with Gasteiger partial charge in [0.15, 0.2) is 10.9 Å². The maximum atomic E-state index is 15.9. The van der Waals surface area contributed by atoms with Crippen LogP contribution >= 0.6 is 11.3 Å². The predicted octanol–water partition coefficient (Wildman–Crippen LogP) is 5.76. The number of anilines is 2. The van der Waals surface area contributed by atoms with Crippen molar-refractivity contribution in [3.8, 4) is 21.7 Å². The fourth-order valence-electron chi connectivity index (χ4n) is 4.62. The molecule has 3 heterocycles. The molecule has 2 aromatic carbocycles. The van der Waals surface area contributed by atoms with E-state index in [0.29, 0.717) is 46.8 Å². The molecule has 1 saturated heterocycles. The van der Waals surface area contributed by atoms with Crippen molar-refractivity contribution in [1.82, 2.24) is 14.9 Å². The Balaban J connectivity index is 1.58. The molecule has 0 bridgehead atoms. The van der Waals surface area contributed by atoms with Gasteiger partial charge in [-0.15, -0.1) is 0 Å². The van der Waals surface area contributed by atoms with Gasteiger partial charge in [0, 0.05) is 31.5 Å². The first kappa shape index (κ1) is 28.0. The quantitative estimate of drug-likeness (QED) is 0.276. The molecular formula is C27H25F4N5O2S2. The van der Waals surface area contributed by atoms with E-state index in [0.717, 1.165) is 31.0 Å². The minimum absolute atomic E-state index is 0.00563. The number of sulfonamides is 1. The lowest BCUT2D eigenvalue weighted by molar-refractivity contribution is 0.249. The van der Waals surface area contributed by atoms with Crippen molar-refractivity contribution in [2.24, 2.45) is 0 Å². The van der Waals surface area contributed by atoms with E-state index < -0.39 is 49.4 Å². The highest BCUT2D eigenvalue weighted by molar-refractivity contribution is 7.92. The van der Waals surface area contributed by atoms with E-state index >= 15 is 8.78 Å². The Morgan fingerprint density at radius 2 is 1.65 bits per heavy atom. The first-order valence-electron chi connectivity index (χ1n) is 12.3. The Bertz CT molecular complexity index is 1640. The summed E-state index contributed by atoms with van der Waals surface area (Å²) in [5.74, 6) is -4.41. The topological polar surface area (TPSA) is 78.4 Å². The Hall–Kier alpha value is -3.55. The lowest BCUT2D eigenvalue weighted by Gasteiger charge is -2.35. The maximum absolute atomic E-state index is 15.9. The molecule has 0 atom stereocenters. The van der Waals surface area contributed by atoms with Crippen LogP contribution in [0.1, 0.15) is 12.8 Å². The molecule has 0 unspecified atom stereocenters. The van der Waals surface area contributed by atoms with E-state index in [1.807, 2.05) is 18.8 Å². The lowest BCUT2D eigenvalue weighted by Crippen LogP contribution is -2.41. The highest BCUT2D eigenvalue weighted by Gasteiger charge is 2.29. The second kappa shape index (κ2) is 11.1. The molecule has 0 amide bonds. The Labute approximate surface area is 233 Å². The SMILES string of the molecule is CN(C)C1CCN(c2nc(-c3c(F)ccc(NS(=O)(=O)c4cc(F)ccc4F)c3F)c(-c3ccncc3)s2)CC1. The van der Waals surface area contributed by atoms with Crippen LogP contribution in [0.3, 0.4) is 0 Å². The van der Waals surface area contributed by atoms with E-state index in [4.69, 9.17) is 0 Å². The smallest absolute Gasteiger partial charge is 0.265 e. The monoisotopic (exact) mass is 591 g/mol. The minimum Gasteiger partial charge on any atom is -0.348 e. The second-order valence-electron chi connectivity index (χ2n) is 9.56. The fraction of sp³-hybridized carbons (Fsp3) is 0.259. The standard InChI is InChI=1S/C27H25F4N5O2S2/c1-35(2)18-9-13-36(14-10-18)27-33-25(26(39-27)16-7-11-32-12-8-16)23-20(30)5-6-21(24(23)31)34-40(37,38)22-15-17(28)3-4-19(22)29/h3-8,11-12,15,18,34H,9-10,13-14H2,1-2H3. The van der Waals surface area contributed by atoms with Gasteiger partial charge in [-0.05, 0) is 75.0 Å². The highest BCUT2D eigenvalue weighted by Crippen LogP contribution is 2.43. The average molecular weight is 592 g/mol. The zero-order valence-electron chi connectivity index (χ0n) is 21.5. The van der Waals surface area contributed by atoms with Crippen LogP contribution in [0.5, 0.6) is 0 Å². The summed E-state index contributed by atoms with van der Waals surface area (Å²) >= 11 is 1.27. The Morgan fingerprint density at radius 3 is 2.33 bits per heavy atom. The fourth-order valence-corrected chi connectivity index (χ4v) is 6.90. The molecule has 0 spiro atoms. The molecule has 4 aromatic rings. The summed E-state index contributed by atoms with van der Waals surface area (Å²) in [5.41, 5.74) is -0.558. The normalized spacial score (nSPS) is 14.6. The molecule has 1 N–H and O–H groups in total.